The van der Waals surface area contributed by atoms with Crippen molar-refractivity contribution >= 4 is 197 Å². The third-order valence-electron chi connectivity index (χ3n) is 0. The smallest absolute Gasteiger partial charge is 0 e. The van der Waals surface area contributed by atoms with Crippen LogP contribution in [-0.4, -0.2) is 197 Å². The van der Waals surface area contributed by atoms with Gasteiger partial charge in [0.05, 0.1) is 0 Å². The fraction of sp³-hybridized carbons (Fsp3) is 0. The second kappa shape index (κ2) is 29.9. The molecule has 0 nitrogen and oxygen atoms in total. The normalized spacial score (nSPS) is 0. The van der Waals surface area contributed by atoms with Gasteiger partial charge in [0.1, 0.15) is 0 Å². The van der Waals surface area contributed by atoms with Crippen LogP contribution in [0.2, 0.25) is 0 Å². The van der Waals surface area contributed by atoms with Crippen LogP contribution in [0.4, 0.5) is 0 Å². The van der Waals surface area contributed by atoms with E-state index in [2.05, 4.69) is 0 Å². The molecule has 0 unspecified atom stereocenters. The summed E-state index contributed by atoms with van der Waals surface area (Å²) in [7, 11) is 0. The van der Waals surface area contributed by atoms with Gasteiger partial charge in [-0.2, -0.15) is 0 Å². The molecule has 0 aliphatic heterocycles. The molecule has 0 rings (SSSR count). The Labute approximate surface area is 190 Å². The van der Waals surface area contributed by atoms with Crippen molar-refractivity contribution in [3.8, 4) is 0 Å². The molecule has 0 saturated carbocycles. The minimum atomic E-state index is 0. The standard InChI is InChI=1S/4Ca.2Mg. The van der Waals surface area contributed by atoms with Gasteiger partial charge in [0, 0.05) is 197 Å². The average molecular weight is 209 g/mol. The zero-order chi connectivity index (χ0) is 0. The van der Waals surface area contributed by atoms with Crippen LogP contribution in [0.1, 0.15) is 0 Å². The molecular weight excluding hydrogens is 209 g/mol. The van der Waals surface area contributed by atoms with Gasteiger partial charge in [0.2, 0.25) is 0 Å². The van der Waals surface area contributed by atoms with Crippen LogP contribution in [0, 0.1) is 0 Å². The number of rotatable bonds is 0. The molecule has 6 heteroatoms. The predicted octanol–water partition coefficient (Wildman–Crippen LogP) is -2.28. The first-order chi connectivity index (χ1) is 0. The Balaban J connectivity index is 0. The molecule has 0 spiro atoms. The molecule has 0 atom stereocenters. The van der Waals surface area contributed by atoms with Crippen molar-refractivity contribution in [3.63, 3.8) is 0 Å². The molecule has 0 N–H and O–H groups in total. The van der Waals surface area contributed by atoms with E-state index in [0.717, 1.165) is 0 Å². The van der Waals surface area contributed by atoms with Gasteiger partial charge < -0.3 is 0 Å². The maximum absolute atomic E-state index is 0. The van der Waals surface area contributed by atoms with Crippen molar-refractivity contribution in [2.24, 2.45) is 0 Å². The van der Waals surface area contributed by atoms with Crippen molar-refractivity contribution in [1.82, 2.24) is 0 Å². The minimum Gasteiger partial charge on any atom is 0 e. The molecule has 0 amide bonds. The van der Waals surface area contributed by atoms with Gasteiger partial charge in [0.15, 0.2) is 0 Å². The Morgan fingerprint density at radius 2 is 0.333 bits per heavy atom. The summed E-state index contributed by atoms with van der Waals surface area (Å²) in [5.41, 5.74) is 0. The Morgan fingerprint density at radius 3 is 0.333 bits per heavy atom. The summed E-state index contributed by atoms with van der Waals surface area (Å²) in [6.45, 7) is 0. The van der Waals surface area contributed by atoms with Crippen molar-refractivity contribution in [1.29, 1.82) is 0 Å². The topological polar surface area (TPSA) is 0 Å². The zero-order valence-electron chi connectivity index (χ0n) is 4.24. The molecule has 0 saturated heterocycles. The first kappa shape index (κ1) is 39.0. The molecule has 0 aliphatic carbocycles. The summed E-state index contributed by atoms with van der Waals surface area (Å²) < 4.78 is 0. The van der Waals surface area contributed by atoms with Gasteiger partial charge in [-0.15, -0.1) is 0 Å². The van der Waals surface area contributed by atoms with Gasteiger partial charge in [0.25, 0.3) is 0 Å². The minimum absolute atomic E-state index is 0. The van der Waals surface area contributed by atoms with Crippen molar-refractivity contribution in [3.05, 3.63) is 0 Å². The largest absolute Gasteiger partial charge is 0 e. The third-order valence-corrected chi connectivity index (χ3v) is 0. The van der Waals surface area contributed by atoms with E-state index in [0.29, 0.717) is 0 Å². The third kappa shape index (κ3) is 22.4. The molecule has 12 radical (unpaired) electrons. The number of hydrogen-bond donors (Lipinski definition) is 0. The first-order valence-corrected chi connectivity index (χ1v) is 0. The summed E-state index contributed by atoms with van der Waals surface area (Å²) in [6.07, 6.45) is 0. The van der Waals surface area contributed by atoms with E-state index in [1.165, 1.54) is 0 Å². The predicted molar refractivity (Wildman–Crippen MR) is 34.5 cm³/mol. The molecule has 0 aromatic heterocycles. The maximum atomic E-state index is 0. The van der Waals surface area contributed by atoms with Gasteiger partial charge in [-0.05, 0) is 0 Å². The SMILES string of the molecule is [Ca].[Ca].[Ca].[Ca].[Mg].[Mg]. The molecule has 0 bridgehead atoms. The quantitative estimate of drug-likeness (QED) is 0.394. The molecule has 0 heterocycles. The van der Waals surface area contributed by atoms with Crippen LogP contribution < -0.4 is 0 Å². The Morgan fingerprint density at radius 1 is 0.333 bits per heavy atom. The molecule has 0 aromatic rings. The van der Waals surface area contributed by atoms with E-state index in [-0.39, 0.29) is 197 Å². The first-order valence-electron chi connectivity index (χ1n) is 0. The monoisotopic (exact) mass is 208 g/mol. The van der Waals surface area contributed by atoms with E-state index >= 15 is 0 Å². The molecular formula is Ca4Mg2. The van der Waals surface area contributed by atoms with E-state index in [9.17, 15) is 0 Å². The van der Waals surface area contributed by atoms with Crippen molar-refractivity contribution in [2.45, 2.75) is 0 Å². The second-order valence-electron chi connectivity index (χ2n) is 0. The molecule has 0 aromatic carbocycles. The van der Waals surface area contributed by atoms with Crippen LogP contribution in [0.25, 0.3) is 0 Å². The van der Waals surface area contributed by atoms with Gasteiger partial charge in [-0.3, -0.25) is 0 Å². The summed E-state index contributed by atoms with van der Waals surface area (Å²) in [4.78, 5) is 0. The summed E-state index contributed by atoms with van der Waals surface area (Å²) >= 11 is 0. The summed E-state index contributed by atoms with van der Waals surface area (Å²) in [5.74, 6) is 0. The van der Waals surface area contributed by atoms with Crippen LogP contribution in [-0.2, 0) is 0 Å². The maximum Gasteiger partial charge on any atom is 0 e. The van der Waals surface area contributed by atoms with E-state index in [4.69, 9.17) is 0 Å². The molecule has 0 aliphatic rings. The van der Waals surface area contributed by atoms with Crippen LogP contribution in [0.5, 0.6) is 0 Å². The second-order valence-corrected chi connectivity index (χ2v) is 0. The van der Waals surface area contributed by atoms with Gasteiger partial charge in [-0.1, -0.05) is 0 Å². The molecule has 12 valence electrons. The summed E-state index contributed by atoms with van der Waals surface area (Å²) in [6, 6.07) is 0. The molecule has 0 fully saturated rings. The Hall–Kier alpha value is 6.57. The Bertz CT molecular complexity index is 5.51. The van der Waals surface area contributed by atoms with Crippen LogP contribution >= 0.6 is 0 Å². The van der Waals surface area contributed by atoms with Gasteiger partial charge in [-0.25, -0.2) is 0 Å². The fourth-order valence-corrected chi connectivity index (χ4v) is 0. The van der Waals surface area contributed by atoms with E-state index < -0.39 is 0 Å². The van der Waals surface area contributed by atoms with E-state index in [1.54, 1.807) is 0 Å². The average Bonchev–Trinajstić information content (AvgIpc) is 0. The van der Waals surface area contributed by atoms with Crippen LogP contribution in [0.15, 0.2) is 0 Å². The fourth-order valence-electron chi connectivity index (χ4n) is 0. The molecule has 6 heavy (non-hydrogen) atoms. The number of hydrogen-bond acceptors (Lipinski definition) is 0. The van der Waals surface area contributed by atoms with Gasteiger partial charge >= 0.3 is 0 Å². The van der Waals surface area contributed by atoms with Crippen molar-refractivity contribution in [2.75, 3.05) is 0 Å². The van der Waals surface area contributed by atoms with Crippen molar-refractivity contribution < 1.29 is 0 Å². The van der Waals surface area contributed by atoms with E-state index in [1.807, 2.05) is 0 Å². The Kier molecular flexibility index (Phi) is 195. The summed E-state index contributed by atoms with van der Waals surface area (Å²) in [5, 5.41) is 0. The van der Waals surface area contributed by atoms with Crippen LogP contribution in [0.3, 0.4) is 0 Å². The zero-order valence-corrected chi connectivity index (χ0v) is 15.9.